The smallest absolute Gasteiger partial charge is 0.341 e. The molecule has 0 aliphatic carbocycles. The summed E-state index contributed by atoms with van der Waals surface area (Å²) in [7, 11) is 2.03. The maximum atomic E-state index is 13.0. The third-order valence-corrected chi connectivity index (χ3v) is 7.29. The number of carbonyl (C=O) groups is 2. The van der Waals surface area contributed by atoms with Gasteiger partial charge in [0, 0.05) is 22.0 Å². The number of ether oxygens (including phenoxy) is 3. The number of cyclic esters (lactones) is 1. The van der Waals surface area contributed by atoms with Gasteiger partial charge in [-0.3, -0.25) is 4.79 Å². The van der Waals surface area contributed by atoms with E-state index in [9.17, 15) is 9.59 Å². The lowest BCUT2D eigenvalue weighted by Crippen LogP contribution is -2.17. The van der Waals surface area contributed by atoms with Crippen LogP contribution in [0.25, 0.3) is 0 Å². The second kappa shape index (κ2) is 13.4. The molecule has 1 heterocycles. The topological polar surface area (TPSA) is 71.1 Å². The lowest BCUT2D eigenvalue weighted by Gasteiger charge is -2.22. The summed E-state index contributed by atoms with van der Waals surface area (Å²) in [6.45, 7) is 10.2. The second-order valence-corrected chi connectivity index (χ2v) is 11.8. The molecule has 2 rings (SSSR count). The van der Waals surface area contributed by atoms with Gasteiger partial charge in [0.1, 0.15) is 5.75 Å². The van der Waals surface area contributed by atoms with Gasteiger partial charge < -0.3 is 18.6 Å². The fraction of sp³-hybridized carbons (Fsp3) is 0.615. The van der Waals surface area contributed by atoms with Gasteiger partial charge in [-0.2, -0.15) is 0 Å². The third kappa shape index (κ3) is 6.73. The van der Waals surface area contributed by atoms with Crippen molar-refractivity contribution in [2.75, 3.05) is 19.5 Å². The maximum absolute atomic E-state index is 13.0. The van der Waals surface area contributed by atoms with Crippen LogP contribution in [0.1, 0.15) is 78.4 Å². The van der Waals surface area contributed by atoms with Gasteiger partial charge >= 0.3 is 11.9 Å². The van der Waals surface area contributed by atoms with Crippen LogP contribution in [0.15, 0.2) is 11.6 Å². The molecule has 0 spiro atoms. The quantitative estimate of drug-likeness (QED) is 0.125. The van der Waals surface area contributed by atoms with E-state index in [1.807, 2.05) is 26.9 Å². The first-order valence-corrected chi connectivity index (χ1v) is 15.4. The van der Waals surface area contributed by atoms with E-state index in [0.717, 1.165) is 58.2 Å². The van der Waals surface area contributed by atoms with Crippen molar-refractivity contribution < 1.29 is 28.2 Å². The van der Waals surface area contributed by atoms with Crippen LogP contribution in [0.5, 0.6) is 5.75 Å². The van der Waals surface area contributed by atoms with Crippen molar-refractivity contribution in [3.8, 4) is 5.75 Å². The van der Waals surface area contributed by atoms with Crippen LogP contribution in [0.4, 0.5) is 0 Å². The average Bonchev–Trinajstić information content (AvgIpc) is 3.11. The summed E-state index contributed by atoms with van der Waals surface area (Å²) in [5.41, 5.74) is 5.46. The highest BCUT2D eigenvalue weighted by atomic mass is 79.9. The number of hydrogen-bond acceptors (Lipinski definition) is 6. The Hall–Kier alpha value is -1.64. The molecule has 0 N–H and O–H groups in total. The summed E-state index contributed by atoms with van der Waals surface area (Å²) >= 11 is 3.43. The van der Waals surface area contributed by atoms with E-state index >= 15 is 0 Å². The van der Waals surface area contributed by atoms with E-state index in [1.54, 1.807) is 7.11 Å². The number of alkyl halides is 1. The highest BCUT2D eigenvalue weighted by Gasteiger charge is 2.39. The van der Waals surface area contributed by atoms with Crippen molar-refractivity contribution in [2.45, 2.75) is 78.7 Å². The molecule has 1 aromatic carbocycles. The number of benzene rings is 1. The number of methoxy groups -OCH3 is 2. The van der Waals surface area contributed by atoms with Gasteiger partial charge in [0.05, 0.1) is 25.7 Å². The number of esters is 2. The molecule has 34 heavy (non-hydrogen) atoms. The number of fused-ring (bicyclic) bond motifs is 1. The second-order valence-electron chi connectivity index (χ2n) is 8.93. The number of halogens is 1. The highest BCUT2D eigenvalue weighted by molar-refractivity contribution is 9.09. The van der Waals surface area contributed by atoms with Crippen LogP contribution in [0.2, 0.25) is 13.1 Å². The Bertz CT molecular complexity index is 911. The van der Waals surface area contributed by atoms with Crippen molar-refractivity contribution in [1.82, 2.24) is 0 Å². The summed E-state index contributed by atoms with van der Waals surface area (Å²) in [6.07, 6.45) is 6.16. The molecule has 1 aromatic rings. The Kier molecular flexibility index (Phi) is 11.3. The van der Waals surface area contributed by atoms with Crippen LogP contribution in [-0.4, -0.2) is 40.5 Å². The van der Waals surface area contributed by atoms with Crippen LogP contribution >= 0.6 is 15.9 Å². The minimum Gasteiger partial charge on any atom is -0.496 e. The molecule has 2 unspecified atom stereocenters. The van der Waals surface area contributed by atoms with E-state index in [-0.39, 0.29) is 17.9 Å². The maximum Gasteiger partial charge on any atom is 0.341 e. The standard InChI is InChI=1S/C26H38BrO6Si/c1-8-9-10-19-20(12-11-16(2)15-18(13-14-27)24(28)31-5)23(30-4)17(3)21-22(19)25(29)32-26(21)33-34(6)7/h11,18,26H,8-10,12-15H2,1-7H3. The zero-order valence-electron chi connectivity index (χ0n) is 21.5. The van der Waals surface area contributed by atoms with Crippen molar-refractivity contribution in [3.05, 3.63) is 39.5 Å². The van der Waals surface area contributed by atoms with Crippen molar-refractivity contribution in [2.24, 2.45) is 5.92 Å². The minimum atomic E-state index is -1.07. The molecule has 6 nitrogen and oxygen atoms in total. The van der Waals surface area contributed by atoms with Gasteiger partial charge in [-0.25, -0.2) is 4.79 Å². The summed E-state index contributed by atoms with van der Waals surface area (Å²) in [5, 5.41) is 0.739. The molecule has 0 fully saturated rings. The summed E-state index contributed by atoms with van der Waals surface area (Å²) in [6, 6.07) is 0. The van der Waals surface area contributed by atoms with Gasteiger partial charge in [-0.15, -0.1) is 0 Å². The molecule has 2 atom stereocenters. The molecule has 0 aromatic heterocycles. The molecular weight excluding hydrogens is 516 g/mol. The minimum absolute atomic E-state index is 0.184. The van der Waals surface area contributed by atoms with E-state index < -0.39 is 15.3 Å². The summed E-state index contributed by atoms with van der Waals surface area (Å²) in [5.74, 6) is 0.0936. The molecule has 0 bridgehead atoms. The molecule has 0 saturated carbocycles. The highest BCUT2D eigenvalue weighted by Crippen LogP contribution is 2.44. The molecular formula is C26H38BrO6Si. The predicted molar refractivity (Wildman–Crippen MR) is 139 cm³/mol. The fourth-order valence-corrected chi connectivity index (χ4v) is 5.64. The first-order valence-electron chi connectivity index (χ1n) is 11.9. The first kappa shape index (κ1) is 28.6. The van der Waals surface area contributed by atoms with Crippen LogP contribution in [0.3, 0.4) is 0 Å². The Labute approximate surface area is 214 Å². The SMILES string of the molecule is CCCCc1c(CC=C(C)CC(CCBr)C(=O)OC)c(OC)c(C)c2c1C(=O)OC2O[Si](C)C. The molecule has 8 heteroatoms. The van der Waals surface area contributed by atoms with Crippen LogP contribution in [0, 0.1) is 12.8 Å². The van der Waals surface area contributed by atoms with E-state index in [2.05, 4.69) is 28.9 Å². The zero-order chi connectivity index (χ0) is 25.4. The monoisotopic (exact) mass is 553 g/mol. The number of hydrogen-bond donors (Lipinski definition) is 0. The molecule has 1 aliphatic rings. The first-order chi connectivity index (χ1) is 16.2. The lowest BCUT2D eigenvalue weighted by molar-refractivity contribution is -0.145. The number of unbranched alkanes of at least 4 members (excludes halogenated alkanes) is 1. The van der Waals surface area contributed by atoms with E-state index in [0.29, 0.717) is 24.8 Å². The Morgan fingerprint density at radius 1 is 1.26 bits per heavy atom. The van der Waals surface area contributed by atoms with Crippen LogP contribution in [-0.2, 0) is 31.5 Å². The van der Waals surface area contributed by atoms with Gasteiger partial charge in [-0.05, 0) is 64.6 Å². The van der Waals surface area contributed by atoms with E-state index in [4.69, 9.17) is 18.6 Å². The molecule has 189 valence electrons. The summed E-state index contributed by atoms with van der Waals surface area (Å²) in [4.78, 5) is 25.2. The Balaban J connectivity index is 2.52. The average molecular weight is 555 g/mol. The van der Waals surface area contributed by atoms with Gasteiger partial charge in [0.2, 0.25) is 15.3 Å². The lowest BCUT2D eigenvalue weighted by atomic mass is 9.87. The zero-order valence-corrected chi connectivity index (χ0v) is 24.1. The normalized spacial score (nSPS) is 16.4. The predicted octanol–water partition coefficient (Wildman–Crippen LogP) is 6.24. The van der Waals surface area contributed by atoms with Gasteiger partial charge in [0.15, 0.2) is 0 Å². The Morgan fingerprint density at radius 3 is 2.53 bits per heavy atom. The summed E-state index contributed by atoms with van der Waals surface area (Å²) < 4.78 is 22.6. The van der Waals surface area contributed by atoms with Gasteiger partial charge in [0.25, 0.3) is 0 Å². The number of rotatable bonds is 13. The number of carbonyl (C=O) groups excluding carboxylic acids is 2. The van der Waals surface area contributed by atoms with Crippen molar-refractivity contribution >= 4 is 36.9 Å². The fourth-order valence-electron chi connectivity index (χ4n) is 4.50. The van der Waals surface area contributed by atoms with Crippen LogP contribution < -0.4 is 4.74 Å². The van der Waals surface area contributed by atoms with E-state index in [1.165, 1.54) is 7.11 Å². The molecule has 1 radical (unpaired) electrons. The molecule has 0 saturated heterocycles. The Morgan fingerprint density at radius 2 is 1.97 bits per heavy atom. The largest absolute Gasteiger partial charge is 0.496 e. The van der Waals surface area contributed by atoms with Crippen molar-refractivity contribution in [1.29, 1.82) is 0 Å². The third-order valence-electron chi connectivity index (χ3n) is 6.15. The van der Waals surface area contributed by atoms with Gasteiger partial charge in [-0.1, -0.05) is 40.9 Å². The molecule has 0 amide bonds. The van der Waals surface area contributed by atoms with Crippen molar-refractivity contribution in [3.63, 3.8) is 0 Å². The number of allylic oxidation sites excluding steroid dienone is 2. The molecule has 1 aliphatic heterocycles.